The zero-order valence-electron chi connectivity index (χ0n) is 18.1. The molecule has 0 saturated heterocycles. The fraction of sp³-hybridized carbons (Fsp3) is 0.292. The van der Waals surface area contributed by atoms with Crippen LogP contribution in [-0.2, 0) is 14.3 Å². The van der Waals surface area contributed by atoms with Crippen molar-refractivity contribution in [2.24, 2.45) is 0 Å². The van der Waals surface area contributed by atoms with Gasteiger partial charge in [0.2, 0.25) is 0 Å². The summed E-state index contributed by atoms with van der Waals surface area (Å²) < 4.78 is 10.8. The van der Waals surface area contributed by atoms with E-state index in [0.717, 1.165) is 6.42 Å². The number of nitrogens with one attached hydrogen (secondary N) is 3. The standard InChI is InChI=1S/C24H27N3O5/c1-3-8-19-21(23(29)31-4-2)22(27-24(30)26-19)16-11-13-18(14-12-16)32-15-20(28)25-17-9-6-5-7-10-17/h5-7,9-14,22H,3-4,8,15H2,1-2H3,(H,25,28)(H2,26,27,30). The summed E-state index contributed by atoms with van der Waals surface area (Å²) in [4.78, 5) is 36.9. The minimum absolute atomic E-state index is 0.146. The van der Waals surface area contributed by atoms with Gasteiger partial charge in [0.05, 0.1) is 18.2 Å². The van der Waals surface area contributed by atoms with Crippen LogP contribution in [0.2, 0.25) is 0 Å². The molecule has 1 heterocycles. The number of esters is 1. The van der Waals surface area contributed by atoms with Gasteiger partial charge in [-0.1, -0.05) is 43.7 Å². The summed E-state index contributed by atoms with van der Waals surface area (Å²) in [6.07, 6.45) is 1.32. The SMILES string of the molecule is CCCC1=C(C(=O)OCC)C(c2ccc(OCC(=O)Nc3ccccc3)cc2)NC(=O)N1. The molecule has 0 saturated carbocycles. The maximum atomic E-state index is 12.6. The van der Waals surface area contributed by atoms with Crippen LogP contribution >= 0.6 is 0 Å². The van der Waals surface area contributed by atoms with Gasteiger partial charge in [0.1, 0.15) is 5.75 Å². The van der Waals surface area contributed by atoms with E-state index in [-0.39, 0.29) is 25.2 Å². The van der Waals surface area contributed by atoms with Crippen LogP contribution in [0.1, 0.15) is 38.3 Å². The summed E-state index contributed by atoms with van der Waals surface area (Å²) >= 11 is 0. The first-order valence-corrected chi connectivity index (χ1v) is 10.6. The summed E-state index contributed by atoms with van der Waals surface area (Å²) in [7, 11) is 0. The molecule has 168 valence electrons. The van der Waals surface area contributed by atoms with Crippen molar-refractivity contribution >= 4 is 23.6 Å². The van der Waals surface area contributed by atoms with Gasteiger partial charge in [-0.15, -0.1) is 0 Å². The summed E-state index contributed by atoms with van der Waals surface area (Å²) in [6.45, 7) is 3.80. The molecule has 32 heavy (non-hydrogen) atoms. The molecule has 1 aliphatic heterocycles. The number of carbonyl (C=O) groups excluding carboxylic acids is 3. The van der Waals surface area contributed by atoms with Crippen molar-refractivity contribution in [3.8, 4) is 5.75 Å². The highest BCUT2D eigenvalue weighted by atomic mass is 16.5. The molecule has 3 rings (SSSR count). The molecule has 0 aromatic heterocycles. The lowest BCUT2D eigenvalue weighted by Gasteiger charge is -2.29. The van der Waals surface area contributed by atoms with Crippen molar-refractivity contribution in [2.75, 3.05) is 18.5 Å². The lowest BCUT2D eigenvalue weighted by molar-refractivity contribution is -0.139. The number of rotatable bonds is 9. The topological polar surface area (TPSA) is 106 Å². The van der Waals surface area contributed by atoms with Gasteiger partial charge in [-0.05, 0) is 43.2 Å². The second kappa shape index (κ2) is 11.0. The average molecular weight is 437 g/mol. The second-order valence-electron chi connectivity index (χ2n) is 7.17. The summed E-state index contributed by atoms with van der Waals surface area (Å²) in [6, 6.07) is 15.0. The zero-order valence-corrected chi connectivity index (χ0v) is 18.1. The van der Waals surface area contributed by atoms with E-state index in [0.29, 0.717) is 34.7 Å². The number of benzene rings is 2. The van der Waals surface area contributed by atoms with Gasteiger partial charge >= 0.3 is 12.0 Å². The average Bonchev–Trinajstić information content (AvgIpc) is 2.79. The molecule has 0 fully saturated rings. The molecule has 2 aromatic carbocycles. The van der Waals surface area contributed by atoms with E-state index < -0.39 is 12.0 Å². The number of amides is 3. The zero-order chi connectivity index (χ0) is 22.9. The number of ether oxygens (including phenoxy) is 2. The fourth-order valence-electron chi connectivity index (χ4n) is 3.39. The molecular formula is C24H27N3O5. The van der Waals surface area contributed by atoms with E-state index in [1.54, 1.807) is 43.3 Å². The smallest absolute Gasteiger partial charge is 0.338 e. The fourth-order valence-corrected chi connectivity index (χ4v) is 3.39. The van der Waals surface area contributed by atoms with E-state index in [4.69, 9.17) is 9.47 Å². The van der Waals surface area contributed by atoms with Crippen molar-refractivity contribution in [2.45, 2.75) is 32.7 Å². The molecular weight excluding hydrogens is 410 g/mol. The lowest BCUT2D eigenvalue weighted by atomic mass is 9.94. The van der Waals surface area contributed by atoms with Gasteiger partial charge in [0.25, 0.3) is 5.91 Å². The normalized spacial score (nSPS) is 15.4. The van der Waals surface area contributed by atoms with Crippen molar-refractivity contribution in [1.82, 2.24) is 10.6 Å². The van der Waals surface area contributed by atoms with Gasteiger partial charge in [-0.3, -0.25) is 4.79 Å². The maximum absolute atomic E-state index is 12.6. The van der Waals surface area contributed by atoms with Gasteiger partial charge in [-0.25, -0.2) is 9.59 Å². The number of hydrogen-bond acceptors (Lipinski definition) is 5. The quantitative estimate of drug-likeness (QED) is 0.519. The molecule has 3 N–H and O–H groups in total. The van der Waals surface area contributed by atoms with Gasteiger partial charge in [0.15, 0.2) is 6.61 Å². The monoisotopic (exact) mass is 437 g/mol. The number of urea groups is 1. The Morgan fingerprint density at radius 3 is 2.41 bits per heavy atom. The first-order valence-electron chi connectivity index (χ1n) is 10.6. The summed E-state index contributed by atoms with van der Waals surface area (Å²) in [5.74, 6) is -0.248. The molecule has 0 spiro atoms. The van der Waals surface area contributed by atoms with Gasteiger partial charge < -0.3 is 25.4 Å². The molecule has 1 atom stereocenters. The predicted molar refractivity (Wildman–Crippen MR) is 120 cm³/mol. The molecule has 8 nitrogen and oxygen atoms in total. The van der Waals surface area contributed by atoms with Crippen LogP contribution in [0, 0.1) is 0 Å². The first-order chi connectivity index (χ1) is 15.5. The van der Waals surface area contributed by atoms with E-state index in [2.05, 4.69) is 16.0 Å². The first kappa shape index (κ1) is 22.9. The molecule has 8 heteroatoms. The Labute approximate surface area is 187 Å². The molecule has 0 radical (unpaired) electrons. The maximum Gasteiger partial charge on any atom is 0.338 e. The molecule has 2 aromatic rings. The summed E-state index contributed by atoms with van der Waals surface area (Å²) in [5.41, 5.74) is 2.36. The highest BCUT2D eigenvalue weighted by molar-refractivity contribution is 5.95. The number of carbonyl (C=O) groups is 3. The van der Waals surface area contributed by atoms with Crippen molar-refractivity contribution in [3.05, 3.63) is 71.4 Å². The van der Waals surface area contributed by atoms with Crippen LogP contribution in [-0.4, -0.2) is 31.1 Å². The van der Waals surface area contributed by atoms with E-state index in [1.807, 2.05) is 25.1 Å². The van der Waals surface area contributed by atoms with Crippen molar-refractivity contribution in [3.63, 3.8) is 0 Å². The van der Waals surface area contributed by atoms with Crippen LogP contribution in [0.4, 0.5) is 10.5 Å². The number of hydrogen-bond donors (Lipinski definition) is 3. The largest absolute Gasteiger partial charge is 0.484 e. The third kappa shape index (κ3) is 5.87. The Bertz CT molecular complexity index is 986. The third-order valence-corrected chi connectivity index (χ3v) is 4.79. The third-order valence-electron chi connectivity index (χ3n) is 4.79. The lowest BCUT2D eigenvalue weighted by Crippen LogP contribution is -2.46. The molecule has 0 bridgehead atoms. The minimum atomic E-state index is -0.639. The highest BCUT2D eigenvalue weighted by Crippen LogP contribution is 2.30. The molecule has 0 aliphatic carbocycles. The van der Waals surface area contributed by atoms with Crippen molar-refractivity contribution in [1.29, 1.82) is 0 Å². The number of allylic oxidation sites excluding steroid dienone is 1. The molecule has 3 amide bonds. The summed E-state index contributed by atoms with van der Waals surface area (Å²) in [5, 5.41) is 8.28. The Hall–Kier alpha value is -3.81. The van der Waals surface area contributed by atoms with Crippen LogP contribution in [0.15, 0.2) is 65.9 Å². The van der Waals surface area contributed by atoms with Crippen molar-refractivity contribution < 1.29 is 23.9 Å². The second-order valence-corrected chi connectivity index (χ2v) is 7.17. The van der Waals surface area contributed by atoms with E-state index >= 15 is 0 Å². The van der Waals surface area contributed by atoms with Crippen LogP contribution in [0.25, 0.3) is 0 Å². The van der Waals surface area contributed by atoms with Crippen LogP contribution < -0.4 is 20.7 Å². The van der Waals surface area contributed by atoms with Crippen LogP contribution in [0.3, 0.4) is 0 Å². The Morgan fingerprint density at radius 2 is 1.75 bits per heavy atom. The predicted octanol–water partition coefficient (Wildman–Crippen LogP) is 3.68. The minimum Gasteiger partial charge on any atom is -0.484 e. The van der Waals surface area contributed by atoms with Gasteiger partial charge in [-0.2, -0.15) is 0 Å². The Kier molecular flexibility index (Phi) is 7.85. The van der Waals surface area contributed by atoms with Crippen LogP contribution in [0.5, 0.6) is 5.75 Å². The molecule has 1 aliphatic rings. The van der Waals surface area contributed by atoms with Gasteiger partial charge in [0, 0.05) is 11.4 Å². The molecule has 1 unspecified atom stereocenters. The Balaban J connectivity index is 1.71. The van der Waals surface area contributed by atoms with E-state index in [1.165, 1.54) is 0 Å². The van der Waals surface area contributed by atoms with E-state index in [9.17, 15) is 14.4 Å². The number of para-hydroxylation sites is 1. The highest BCUT2D eigenvalue weighted by Gasteiger charge is 2.33. The number of anilines is 1. The Morgan fingerprint density at radius 1 is 1.03 bits per heavy atom.